The minimum atomic E-state index is -0.184. The van der Waals surface area contributed by atoms with Crippen LogP contribution in [0, 0.1) is 0 Å². The van der Waals surface area contributed by atoms with Gasteiger partial charge in [0.15, 0.2) is 17.6 Å². The molecule has 1 aliphatic heterocycles. The SMILES string of the molecule is CN(C[C@@H]1COc2ccccc2O1)C(=O)c1ccc(SCc2cscn2)cc1. The van der Waals surface area contributed by atoms with Gasteiger partial charge in [-0.2, -0.15) is 0 Å². The highest BCUT2D eigenvalue weighted by molar-refractivity contribution is 7.98. The van der Waals surface area contributed by atoms with Crippen LogP contribution in [0.3, 0.4) is 0 Å². The number of likely N-dealkylation sites (N-methyl/N-ethyl adjacent to an activating group) is 1. The summed E-state index contributed by atoms with van der Waals surface area (Å²) in [5.74, 6) is 2.27. The van der Waals surface area contributed by atoms with Crippen molar-refractivity contribution in [1.82, 2.24) is 9.88 Å². The minimum Gasteiger partial charge on any atom is -0.486 e. The van der Waals surface area contributed by atoms with Gasteiger partial charge >= 0.3 is 0 Å². The Morgan fingerprint density at radius 3 is 2.75 bits per heavy atom. The molecule has 0 N–H and O–H groups in total. The highest BCUT2D eigenvalue weighted by Crippen LogP contribution is 2.31. The fourth-order valence-corrected chi connectivity index (χ4v) is 4.39. The molecular formula is C21H20N2O3S2. The van der Waals surface area contributed by atoms with E-state index < -0.39 is 0 Å². The van der Waals surface area contributed by atoms with E-state index >= 15 is 0 Å². The lowest BCUT2D eigenvalue weighted by Crippen LogP contribution is -2.41. The topological polar surface area (TPSA) is 51.7 Å². The zero-order chi connectivity index (χ0) is 19.3. The number of rotatable bonds is 6. The summed E-state index contributed by atoms with van der Waals surface area (Å²) in [5.41, 5.74) is 3.58. The first-order chi connectivity index (χ1) is 13.7. The molecule has 5 nitrogen and oxygen atoms in total. The second kappa shape index (κ2) is 8.67. The molecular weight excluding hydrogens is 392 g/mol. The average Bonchev–Trinajstić information content (AvgIpc) is 3.26. The molecule has 0 saturated heterocycles. The maximum atomic E-state index is 12.7. The first-order valence-electron chi connectivity index (χ1n) is 8.93. The molecule has 1 aromatic heterocycles. The van der Waals surface area contributed by atoms with Gasteiger partial charge in [0.05, 0.1) is 17.7 Å². The van der Waals surface area contributed by atoms with Gasteiger partial charge in [-0.15, -0.1) is 23.1 Å². The van der Waals surface area contributed by atoms with Gasteiger partial charge < -0.3 is 14.4 Å². The summed E-state index contributed by atoms with van der Waals surface area (Å²) in [4.78, 5) is 19.8. The maximum absolute atomic E-state index is 12.7. The van der Waals surface area contributed by atoms with Gasteiger partial charge in [-0.1, -0.05) is 12.1 Å². The second-order valence-corrected chi connectivity index (χ2v) is 8.24. The van der Waals surface area contributed by atoms with Crippen LogP contribution in [0.2, 0.25) is 0 Å². The van der Waals surface area contributed by atoms with Crippen molar-refractivity contribution in [3.63, 3.8) is 0 Å². The first-order valence-corrected chi connectivity index (χ1v) is 10.9. The van der Waals surface area contributed by atoms with Crippen molar-refractivity contribution in [3.05, 3.63) is 70.7 Å². The van der Waals surface area contributed by atoms with Gasteiger partial charge in [-0.3, -0.25) is 4.79 Å². The Morgan fingerprint density at radius 2 is 2.00 bits per heavy atom. The Kier molecular flexibility index (Phi) is 5.83. The molecule has 28 heavy (non-hydrogen) atoms. The van der Waals surface area contributed by atoms with Crippen molar-refractivity contribution in [2.24, 2.45) is 0 Å². The molecule has 3 aromatic rings. The van der Waals surface area contributed by atoms with E-state index in [0.29, 0.717) is 18.7 Å². The Balaban J connectivity index is 1.32. The monoisotopic (exact) mass is 412 g/mol. The lowest BCUT2D eigenvalue weighted by molar-refractivity contribution is 0.0521. The van der Waals surface area contributed by atoms with Crippen molar-refractivity contribution in [2.75, 3.05) is 20.2 Å². The highest BCUT2D eigenvalue weighted by Gasteiger charge is 2.24. The normalized spacial score (nSPS) is 15.2. The van der Waals surface area contributed by atoms with Crippen LogP contribution in [0.4, 0.5) is 0 Å². The van der Waals surface area contributed by atoms with E-state index in [1.54, 1.807) is 35.0 Å². The van der Waals surface area contributed by atoms with E-state index in [1.807, 2.05) is 54.0 Å². The second-order valence-electron chi connectivity index (χ2n) is 6.48. The van der Waals surface area contributed by atoms with Crippen LogP contribution in [-0.2, 0) is 5.75 Å². The molecule has 1 amide bonds. The number of hydrogen-bond acceptors (Lipinski definition) is 6. The third-order valence-corrected chi connectivity index (χ3v) is 6.04. The minimum absolute atomic E-state index is 0.0292. The number of ether oxygens (including phenoxy) is 2. The van der Waals surface area contributed by atoms with E-state index in [9.17, 15) is 4.79 Å². The number of benzene rings is 2. The number of para-hydroxylation sites is 2. The molecule has 7 heteroatoms. The summed E-state index contributed by atoms with van der Waals surface area (Å²) in [6, 6.07) is 15.3. The zero-order valence-electron chi connectivity index (χ0n) is 15.4. The Hall–Kier alpha value is -2.51. The molecule has 0 aliphatic carbocycles. The Morgan fingerprint density at radius 1 is 1.21 bits per heavy atom. The summed E-state index contributed by atoms with van der Waals surface area (Å²) in [6.45, 7) is 0.897. The van der Waals surface area contributed by atoms with Gasteiger partial charge in [-0.25, -0.2) is 4.98 Å². The summed E-state index contributed by atoms with van der Waals surface area (Å²) in [6.07, 6.45) is -0.184. The quantitative estimate of drug-likeness (QED) is 0.564. The van der Waals surface area contributed by atoms with Crippen LogP contribution in [-0.4, -0.2) is 42.1 Å². The molecule has 2 heterocycles. The van der Waals surface area contributed by atoms with E-state index in [4.69, 9.17) is 9.47 Å². The number of thiazole rings is 1. The van der Waals surface area contributed by atoms with Crippen LogP contribution in [0.15, 0.2) is 64.3 Å². The zero-order valence-corrected chi connectivity index (χ0v) is 17.0. The number of carbonyl (C=O) groups is 1. The molecule has 144 valence electrons. The van der Waals surface area contributed by atoms with Crippen molar-refractivity contribution >= 4 is 29.0 Å². The number of carbonyl (C=O) groups excluding carboxylic acids is 1. The summed E-state index contributed by atoms with van der Waals surface area (Å²) in [7, 11) is 1.79. The Labute approximate surface area is 172 Å². The smallest absolute Gasteiger partial charge is 0.253 e. The fourth-order valence-electron chi connectivity index (χ4n) is 2.92. The largest absolute Gasteiger partial charge is 0.486 e. The molecule has 0 radical (unpaired) electrons. The van der Waals surface area contributed by atoms with Gasteiger partial charge in [-0.05, 0) is 36.4 Å². The average molecular weight is 413 g/mol. The van der Waals surface area contributed by atoms with Crippen LogP contribution in [0.1, 0.15) is 16.1 Å². The van der Waals surface area contributed by atoms with Gasteiger partial charge in [0.25, 0.3) is 5.91 Å². The highest BCUT2D eigenvalue weighted by atomic mass is 32.2. The summed E-state index contributed by atoms with van der Waals surface area (Å²) in [5, 5.41) is 2.05. The molecule has 0 unspecified atom stereocenters. The predicted molar refractivity (Wildman–Crippen MR) is 111 cm³/mol. The van der Waals surface area contributed by atoms with Gasteiger partial charge in [0.2, 0.25) is 0 Å². The number of amides is 1. The molecule has 1 atom stereocenters. The molecule has 0 bridgehead atoms. The van der Waals surface area contributed by atoms with E-state index in [0.717, 1.165) is 27.8 Å². The van der Waals surface area contributed by atoms with Crippen molar-refractivity contribution in [3.8, 4) is 11.5 Å². The molecule has 0 fully saturated rings. The third-order valence-electron chi connectivity index (χ3n) is 4.36. The number of thioether (sulfide) groups is 1. The van der Waals surface area contributed by atoms with Crippen LogP contribution < -0.4 is 9.47 Å². The van der Waals surface area contributed by atoms with Crippen molar-refractivity contribution in [2.45, 2.75) is 16.8 Å². The number of hydrogen-bond donors (Lipinski definition) is 0. The molecule has 4 rings (SSSR count). The van der Waals surface area contributed by atoms with E-state index in [-0.39, 0.29) is 12.0 Å². The maximum Gasteiger partial charge on any atom is 0.253 e. The lowest BCUT2D eigenvalue weighted by atomic mass is 10.2. The fraction of sp³-hybridized carbons (Fsp3) is 0.238. The molecule has 0 spiro atoms. The summed E-state index contributed by atoms with van der Waals surface area (Å²) >= 11 is 3.31. The first kappa shape index (κ1) is 18.8. The predicted octanol–water partition coefficient (Wildman–Crippen LogP) is 4.35. The standard InChI is InChI=1S/C21H20N2O3S2/c1-23(10-17-11-25-19-4-2-3-5-20(19)26-17)21(24)15-6-8-18(9-7-15)28-13-16-12-27-14-22-16/h2-9,12,14,17H,10-11,13H2,1H3/t17-/m1/s1. The molecule has 2 aromatic carbocycles. The number of nitrogens with zero attached hydrogens (tertiary/aromatic N) is 2. The molecule has 1 aliphatic rings. The lowest BCUT2D eigenvalue weighted by Gasteiger charge is -2.29. The Bertz CT molecular complexity index is 929. The van der Waals surface area contributed by atoms with Crippen LogP contribution in [0.25, 0.3) is 0 Å². The van der Waals surface area contributed by atoms with E-state index in [1.165, 1.54) is 0 Å². The van der Waals surface area contributed by atoms with Crippen LogP contribution in [0.5, 0.6) is 11.5 Å². The van der Waals surface area contributed by atoms with E-state index in [2.05, 4.69) is 10.4 Å². The number of fused-ring (bicyclic) bond motifs is 1. The van der Waals surface area contributed by atoms with Crippen LogP contribution >= 0.6 is 23.1 Å². The van der Waals surface area contributed by atoms with Gasteiger partial charge in [0, 0.05) is 28.6 Å². The van der Waals surface area contributed by atoms with Crippen molar-refractivity contribution in [1.29, 1.82) is 0 Å². The molecule has 0 saturated carbocycles. The number of aromatic nitrogens is 1. The van der Waals surface area contributed by atoms with Gasteiger partial charge in [0.1, 0.15) is 6.61 Å². The summed E-state index contributed by atoms with van der Waals surface area (Å²) < 4.78 is 11.7. The van der Waals surface area contributed by atoms with Crippen molar-refractivity contribution < 1.29 is 14.3 Å². The third kappa shape index (κ3) is 4.48.